The zero-order valence-electron chi connectivity index (χ0n) is 9.31. The minimum atomic E-state index is -1.11. The predicted molar refractivity (Wildman–Crippen MR) is 64.8 cm³/mol. The first-order valence-electron chi connectivity index (χ1n) is 4.99. The maximum absolute atomic E-state index is 11.0. The fourth-order valence-corrected chi connectivity index (χ4v) is 1.62. The van der Waals surface area contributed by atoms with Gasteiger partial charge in [0.25, 0.3) is 0 Å². The smallest absolute Gasteiger partial charge is 0.339 e. The Morgan fingerprint density at radius 3 is 2.88 bits per heavy atom. The van der Waals surface area contributed by atoms with Crippen LogP contribution in [0.2, 0.25) is 5.02 Å². The van der Waals surface area contributed by atoms with Crippen LogP contribution in [-0.2, 0) is 4.74 Å². The second-order valence-electron chi connectivity index (χ2n) is 3.46. The number of aromatic carboxylic acids is 1. The predicted octanol–water partition coefficient (Wildman–Crippen LogP) is 1.46. The Bertz CT molecular complexity index is 397. The van der Waals surface area contributed by atoms with Gasteiger partial charge >= 0.3 is 5.97 Å². The summed E-state index contributed by atoms with van der Waals surface area (Å²) in [6.07, 6.45) is -0.708. The molecular weight excluding hydrogens is 246 g/mol. The lowest BCUT2D eigenvalue weighted by Gasteiger charge is -2.14. The van der Waals surface area contributed by atoms with Crippen molar-refractivity contribution in [3.63, 3.8) is 0 Å². The Morgan fingerprint density at radius 1 is 1.59 bits per heavy atom. The van der Waals surface area contributed by atoms with E-state index in [4.69, 9.17) is 21.4 Å². The summed E-state index contributed by atoms with van der Waals surface area (Å²) in [5.41, 5.74) is 0.374. The van der Waals surface area contributed by atoms with E-state index in [9.17, 15) is 9.90 Å². The largest absolute Gasteiger partial charge is 0.478 e. The first kappa shape index (κ1) is 13.8. The number of hydrogen-bond acceptors (Lipinski definition) is 4. The first-order valence-corrected chi connectivity index (χ1v) is 5.36. The highest BCUT2D eigenvalue weighted by Gasteiger charge is 2.14. The standard InChI is InChI=1S/C11H14ClNO4/c1-17-6-7(14)5-13-9-4-2-3-8(12)10(9)11(15)16/h2-4,7,13-14H,5-6H2,1H3,(H,15,16). The number of benzene rings is 1. The molecule has 1 atom stereocenters. The third-order valence-electron chi connectivity index (χ3n) is 2.11. The van der Waals surface area contributed by atoms with Gasteiger partial charge in [-0.25, -0.2) is 4.79 Å². The lowest BCUT2D eigenvalue weighted by Crippen LogP contribution is -2.24. The highest BCUT2D eigenvalue weighted by atomic mass is 35.5. The van der Waals surface area contributed by atoms with Crippen molar-refractivity contribution in [3.8, 4) is 0 Å². The quantitative estimate of drug-likeness (QED) is 0.721. The Morgan fingerprint density at radius 2 is 2.29 bits per heavy atom. The van der Waals surface area contributed by atoms with Crippen LogP contribution in [0, 0.1) is 0 Å². The minimum Gasteiger partial charge on any atom is -0.478 e. The van der Waals surface area contributed by atoms with Gasteiger partial charge in [-0.05, 0) is 12.1 Å². The van der Waals surface area contributed by atoms with Crippen LogP contribution in [0.1, 0.15) is 10.4 Å². The number of hydrogen-bond donors (Lipinski definition) is 3. The molecule has 3 N–H and O–H groups in total. The van der Waals surface area contributed by atoms with E-state index in [-0.39, 0.29) is 23.7 Å². The number of aliphatic hydroxyl groups excluding tert-OH is 1. The van der Waals surface area contributed by atoms with E-state index in [0.29, 0.717) is 5.69 Å². The van der Waals surface area contributed by atoms with Gasteiger partial charge in [-0.3, -0.25) is 0 Å². The molecule has 0 fully saturated rings. The van der Waals surface area contributed by atoms with Crippen molar-refractivity contribution in [2.75, 3.05) is 25.6 Å². The molecule has 1 rings (SSSR count). The Hall–Kier alpha value is -1.30. The van der Waals surface area contributed by atoms with E-state index in [1.807, 2.05) is 0 Å². The summed E-state index contributed by atoms with van der Waals surface area (Å²) in [5.74, 6) is -1.11. The zero-order valence-corrected chi connectivity index (χ0v) is 10.1. The van der Waals surface area contributed by atoms with Gasteiger partial charge in [-0.2, -0.15) is 0 Å². The average molecular weight is 260 g/mol. The number of carboxylic acids is 1. The molecule has 5 nitrogen and oxygen atoms in total. The number of aliphatic hydroxyl groups is 1. The summed E-state index contributed by atoms with van der Waals surface area (Å²) in [6, 6.07) is 4.73. The van der Waals surface area contributed by atoms with Crippen molar-refractivity contribution in [3.05, 3.63) is 28.8 Å². The second kappa shape index (κ2) is 6.44. The number of ether oxygens (including phenoxy) is 1. The molecule has 1 unspecified atom stereocenters. The topological polar surface area (TPSA) is 78.8 Å². The van der Waals surface area contributed by atoms with Gasteiger partial charge in [0.05, 0.1) is 23.4 Å². The van der Waals surface area contributed by atoms with Gasteiger partial charge in [-0.1, -0.05) is 17.7 Å². The van der Waals surface area contributed by atoms with Gasteiger partial charge in [0.2, 0.25) is 0 Å². The SMILES string of the molecule is COCC(O)CNc1cccc(Cl)c1C(=O)O. The number of halogens is 1. The molecule has 0 bridgehead atoms. The minimum absolute atomic E-state index is 0.00113. The van der Waals surface area contributed by atoms with E-state index in [2.05, 4.69) is 5.32 Å². The third-order valence-corrected chi connectivity index (χ3v) is 2.43. The number of anilines is 1. The van der Waals surface area contributed by atoms with Crippen molar-refractivity contribution >= 4 is 23.3 Å². The van der Waals surface area contributed by atoms with Crippen molar-refractivity contribution in [2.24, 2.45) is 0 Å². The molecule has 0 aliphatic heterocycles. The third kappa shape index (κ3) is 3.89. The Kier molecular flexibility index (Phi) is 5.21. The molecule has 1 aromatic carbocycles. The number of carboxylic acid groups (broad SMARTS) is 1. The molecule has 94 valence electrons. The molecule has 1 aromatic rings. The average Bonchev–Trinajstić information content (AvgIpc) is 2.26. The van der Waals surface area contributed by atoms with E-state index >= 15 is 0 Å². The van der Waals surface area contributed by atoms with Crippen LogP contribution in [0.4, 0.5) is 5.69 Å². The number of methoxy groups -OCH3 is 1. The molecule has 0 spiro atoms. The first-order chi connectivity index (χ1) is 8.06. The van der Waals surface area contributed by atoms with E-state index in [1.165, 1.54) is 13.2 Å². The number of rotatable bonds is 6. The van der Waals surface area contributed by atoms with Gasteiger partial charge < -0.3 is 20.3 Å². The fourth-order valence-electron chi connectivity index (χ4n) is 1.37. The van der Waals surface area contributed by atoms with E-state index in [1.54, 1.807) is 12.1 Å². The fraction of sp³-hybridized carbons (Fsp3) is 0.364. The molecular formula is C11H14ClNO4. The monoisotopic (exact) mass is 259 g/mol. The molecule has 0 saturated heterocycles. The van der Waals surface area contributed by atoms with Crippen LogP contribution < -0.4 is 5.32 Å². The molecule has 6 heteroatoms. The van der Waals surface area contributed by atoms with Crippen molar-refractivity contribution in [1.82, 2.24) is 0 Å². The Balaban J connectivity index is 2.77. The van der Waals surface area contributed by atoms with Crippen molar-refractivity contribution in [2.45, 2.75) is 6.10 Å². The summed E-state index contributed by atoms with van der Waals surface area (Å²) >= 11 is 5.79. The van der Waals surface area contributed by atoms with E-state index in [0.717, 1.165) is 0 Å². The van der Waals surface area contributed by atoms with Crippen LogP contribution in [0.5, 0.6) is 0 Å². The van der Waals surface area contributed by atoms with Gasteiger partial charge in [0.1, 0.15) is 5.56 Å². The van der Waals surface area contributed by atoms with Crippen LogP contribution in [0.15, 0.2) is 18.2 Å². The number of carbonyl (C=O) groups is 1. The molecule has 0 aliphatic rings. The summed E-state index contributed by atoms with van der Waals surface area (Å²) < 4.78 is 4.76. The summed E-state index contributed by atoms with van der Waals surface area (Å²) in [6.45, 7) is 0.366. The molecule has 0 heterocycles. The lowest BCUT2D eigenvalue weighted by atomic mass is 10.1. The van der Waals surface area contributed by atoms with Gasteiger partial charge in [-0.15, -0.1) is 0 Å². The Labute approximate surface area is 104 Å². The second-order valence-corrected chi connectivity index (χ2v) is 3.86. The van der Waals surface area contributed by atoms with Gasteiger partial charge in [0.15, 0.2) is 0 Å². The number of nitrogens with one attached hydrogen (secondary N) is 1. The van der Waals surface area contributed by atoms with Crippen LogP contribution in [0.3, 0.4) is 0 Å². The van der Waals surface area contributed by atoms with Crippen LogP contribution in [-0.4, -0.2) is 42.5 Å². The molecule has 0 amide bonds. The normalized spacial score (nSPS) is 12.2. The lowest BCUT2D eigenvalue weighted by molar-refractivity contribution is 0.0693. The molecule has 0 radical (unpaired) electrons. The highest BCUT2D eigenvalue weighted by Crippen LogP contribution is 2.24. The molecule has 17 heavy (non-hydrogen) atoms. The summed E-state index contributed by atoms with van der Waals surface area (Å²) in [7, 11) is 1.48. The maximum atomic E-state index is 11.0. The van der Waals surface area contributed by atoms with Crippen molar-refractivity contribution < 1.29 is 19.7 Å². The van der Waals surface area contributed by atoms with Crippen LogP contribution in [0.25, 0.3) is 0 Å². The van der Waals surface area contributed by atoms with E-state index < -0.39 is 12.1 Å². The highest BCUT2D eigenvalue weighted by molar-refractivity contribution is 6.34. The van der Waals surface area contributed by atoms with Gasteiger partial charge in [0, 0.05) is 13.7 Å². The molecule has 0 aromatic heterocycles. The summed E-state index contributed by atoms with van der Waals surface area (Å²) in [5, 5.41) is 21.4. The summed E-state index contributed by atoms with van der Waals surface area (Å²) in [4.78, 5) is 11.0. The maximum Gasteiger partial charge on any atom is 0.339 e. The van der Waals surface area contributed by atoms with Crippen LogP contribution >= 0.6 is 11.6 Å². The molecule has 0 aliphatic carbocycles. The van der Waals surface area contributed by atoms with Crippen molar-refractivity contribution in [1.29, 1.82) is 0 Å². The molecule has 0 saturated carbocycles. The zero-order chi connectivity index (χ0) is 12.8.